The van der Waals surface area contributed by atoms with Gasteiger partial charge in [-0.15, -0.1) is 0 Å². The van der Waals surface area contributed by atoms with Crippen molar-refractivity contribution >= 4 is 5.91 Å². The zero-order valence-electron chi connectivity index (χ0n) is 9.65. The van der Waals surface area contributed by atoms with E-state index in [-0.39, 0.29) is 11.9 Å². The summed E-state index contributed by atoms with van der Waals surface area (Å²) >= 11 is 0. The molecule has 1 N–H and O–H groups in total. The number of nitrogens with one attached hydrogen (secondary N) is 1. The highest BCUT2D eigenvalue weighted by molar-refractivity contribution is 5.81. The van der Waals surface area contributed by atoms with Gasteiger partial charge >= 0.3 is 0 Å². The minimum atomic E-state index is -0.0498. The molecule has 2 rings (SSSR count). The Kier molecular flexibility index (Phi) is 3.57. The average molecular weight is 218 g/mol. The SMILES string of the molecule is CC1NCCCN(Cc2ccccc2)C1=O. The molecule has 3 heteroatoms. The summed E-state index contributed by atoms with van der Waals surface area (Å²) in [7, 11) is 0. The lowest BCUT2D eigenvalue weighted by Crippen LogP contribution is -2.41. The van der Waals surface area contributed by atoms with E-state index in [1.165, 1.54) is 5.56 Å². The summed E-state index contributed by atoms with van der Waals surface area (Å²) in [6.45, 7) is 4.45. The quantitative estimate of drug-likeness (QED) is 0.813. The second-order valence-corrected chi connectivity index (χ2v) is 4.27. The average Bonchev–Trinajstić information content (AvgIpc) is 2.46. The molecule has 1 aliphatic heterocycles. The Morgan fingerprint density at radius 1 is 1.38 bits per heavy atom. The maximum atomic E-state index is 12.0. The fourth-order valence-electron chi connectivity index (χ4n) is 2.02. The van der Waals surface area contributed by atoms with Crippen molar-refractivity contribution < 1.29 is 4.79 Å². The zero-order valence-corrected chi connectivity index (χ0v) is 9.65. The number of rotatable bonds is 2. The lowest BCUT2D eigenvalue weighted by Gasteiger charge is -2.22. The van der Waals surface area contributed by atoms with E-state index >= 15 is 0 Å². The third-order valence-electron chi connectivity index (χ3n) is 2.95. The van der Waals surface area contributed by atoms with E-state index in [0.29, 0.717) is 0 Å². The van der Waals surface area contributed by atoms with Crippen molar-refractivity contribution in [3.05, 3.63) is 35.9 Å². The summed E-state index contributed by atoms with van der Waals surface area (Å²) in [5, 5.41) is 3.22. The molecule has 1 atom stereocenters. The Bertz CT molecular complexity index is 350. The van der Waals surface area contributed by atoms with E-state index in [2.05, 4.69) is 17.4 Å². The van der Waals surface area contributed by atoms with Gasteiger partial charge in [0.25, 0.3) is 0 Å². The summed E-state index contributed by atoms with van der Waals surface area (Å²) in [5.41, 5.74) is 1.20. The predicted molar refractivity (Wildman–Crippen MR) is 63.9 cm³/mol. The zero-order chi connectivity index (χ0) is 11.4. The van der Waals surface area contributed by atoms with Crippen molar-refractivity contribution in [1.29, 1.82) is 0 Å². The van der Waals surface area contributed by atoms with Gasteiger partial charge in [0.15, 0.2) is 0 Å². The normalized spacial score (nSPS) is 21.9. The van der Waals surface area contributed by atoms with Crippen LogP contribution in [0.5, 0.6) is 0 Å². The molecule has 0 aliphatic carbocycles. The molecule has 0 radical (unpaired) electrons. The molecule has 86 valence electrons. The summed E-state index contributed by atoms with van der Waals surface area (Å²) in [6.07, 6.45) is 1.03. The molecular formula is C13H18N2O. The smallest absolute Gasteiger partial charge is 0.239 e. The van der Waals surface area contributed by atoms with Gasteiger partial charge in [0.1, 0.15) is 0 Å². The maximum Gasteiger partial charge on any atom is 0.239 e. The standard InChI is InChI=1S/C13H18N2O/c1-11-13(16)15(9-5-8-14-11)10-12-6-3-2-4-7-12/h2-4,6-7,11,14H,5,8-10H2,1H3. The van der Waals surface area contributed by atoms with Crippen LogP contribution in [-0.4, -0.2) is 29.9 Å². The first-order chi connectivity index (χ1) is 7.77. The van der Waals surface area contributed by atoms with E-state index in [0.717, 1.165) is 26.1 Å². The van der Waals surface area contributed by atoms with Crippen LogP contribution in [-0.2, 0) is 11.3 Å². The lowest BCUT2D eigenvalue weighted by molar-refractivity contribution is -0.132. The van der Waals surface area contributed by atoms with Gasteiger partial charge in [-0.3, -0.25) is 4.79 Å². The minimum Gasteiger partial charge on any atom is -0.337 e. The minimum absolute atomic E-state index is 0.0498. The molecule has 1 saturated heterocycles. The monoisotopic (exact) mass is 218 g/mol. The van der Waals surface area contributed by atoms with Gasteiger partial charge in [-0.2, -0.15) is 0 Å². The van der Waals surface area contributed by atoms with Crippen molar-refractivity contribution in [2.45, 2.75) is 25.9 Å². The van der Waals surface area contributed by atoms with Gasteiger partial charge in [-0.1, -0.05) is 30.3 Å². The van der Waals surface area contributed by atoms with Crippen LogP contribution in [0.4, 0.5) is 0 Å². The molecule has 1 aromatic carbocycles. The highest BCUT2D eigenvalue weighted by Gasteiger charge is 2.22. The molecule has 0 spiro atoms. The molecule has 1 heterocycles. The van der Waals surface area contributed by atoms with E-state index in [1.807, 2.05) is 30.0 Å². The van der Waals surface area contributed by atoms with Crippen LogP contribution < -0.4 is 5.32 Å². The van der Waals surface area contributed by atoms with Crippen LogP contribution in [0.2, 0.25) is 0 Å². The highest BCUT2D eigenvalue weighted by Crippen LogP contribution is 2.09. The number of hydrogen-bond donors (Lipinski definition) is 1. The molecule has 0 aromatic heterocycles. The van der Waals surface area contributed by atoms with Gasteiger partial charge in [0.05, 0.1) is 6.04 Å². The first-order valence-corrected chi connectivity index (χ1v) is 5.83. The van der Waals surface area contributed by atoms with E-state index in [4.69, 9.17) is 0 Å². The molecule has 1 amide bonds. The third-order valence-corrected chi connectivity index (χ3v) is 2.95. The van der Waals surface area contributed by atoms with Gasteiger partial charge in [-0.05, 0) is 25.5 Å². The van der Waals surface area contributed by atoms with Crippen LogP contribution in [0.3, 0.4) is 0 Å². The molecule has 1 aliphatic rings. The van der Waals surface area contributed by atoms with Gasteiger partial charge < -0.3 is 10.2 Å². The maximum absolute atomic E-state index is 12.0. The largest absolute Gasteiger partial charge is 0.337 e. The number of hydrogen-bond acceptors (Lipinski definition) is 2. The van der Waals surface area contributed by atoms with Crippen LogP contribution in [0.25, 0.3) is 0 Å². The summed E-state index contributed by atoms with van der Waals surface area (Å²) in [6, 6.07) is 10.1. The molecule has 1 fully saturated rings. The molecule has 0 bridgehead atoms. The Morgan fingerprint density at radius 3 is 2.88 bits per heavy atom. The number of nitrogens with zero attached hydrogens (tertiary/aromatic N) is 1. The Morgan fingerprint density at radius 2 is 2.12 bits per heavy atom. The van der Waals surface area contributed by atoms with Gasteiger partial charge in [0.2, 0.25) is 5.91 Å². The topological polar surface area (TPSA) is 32.3 Å². The van der Waals surface area contributed by atoms with E-state index in [1.54, 1.807) is 0 Å². The second-order valence-electron chi connectivity index (χ2n) is 4.27. The van der Waals surface area contributed by atoms with E-state index in [9.17, 15) is 4.79 Å². The van der Waals surface area contributed by atoms with Crippen LogP contribution in [0.1, 0.15) is 18.9 Å². The molecule has 3 nitrogen and oxygen atoms in total. The fourth-order valence-corrected chi connectivity index (χ4v) is 2.02. The summed E-state index contributed by atoms with van der Waals surface area (Å²) < 4.78 is 0. The third kappa shape index (κ3) is 2.61. The van der Waals surface area contributed by atoms with E-state index < -0.39 is 0 Å². The number of benzene rings is 1. The van der Waals surface area contributed by atoms with Gasteiger partial charge in [0, 0.05) is 13.1 Å². The Labute approximate surface area is 96.5 Å². The number of carbonyl (C=O) groups excluding carboxylic acids is 1. The molecule has 0 saturated carbocycles. The predicted octanol–water partition coefficient (Wildman–Crippen LogP) is 1.40. The Hall–Kier alpha value is -1.35. The number of amides is 1. The first-order valence-electron chi connectivity index (χ1n) is 5.83. The molecular weight excluding hydrogens is 200 g/mol. The molecule has 16 heavy (non-hydrogen) atoms. The molecule has 1 unspecified atom stereocenters. The summed E-state index contributed by atoms with van der Waals surface area (Å²) in [4.78, 5) is 14.0. The van der Waals surface area contributed by atoms with Crippen molar-refractivity contribution in [2.24, 2.45) is 0 Å². The Balaban J connectivity index is 2.05. The van der Waals surface area contributed by atoms with Crippen LogP contribution in [0, 0.1) is 0 Å². The van der Waals surface area contributed by atoms with Crippen molar-refractivity contribution in [2.75, 3.05) is 13.1 Å². The van der Waals surface area contributed by atoms with Crippen LogP contribution in [0.15, 0.2) is 30.3 Å². The number of carbonyl (C=O) groups is 1. The van der Waals surface area contributed by atoms with Crippen LogP contribution >= 0.6 is 0 Å². The van der Waals surface area contributed by atoms with Crippen molar-refractivity contribution in [1.82, 2.24) is 10.2 Å². The highest BCUT2D eigenvalue weighted by atomic mass is 16.2. The first kappa shape index (κ1) is 11.1. The van der Waals surface area contributed by atoms with Gasteiger partial charge in [-0.25, -0.2) is 0 Å². The van der Waals surface area contributed by atoms with Crippen molar-refractivity contribution in [3.8, 4) is 0 Å². The second kappa shape index (κ2) is 5.12. The lowest BCUT2D eigenvalue weighted by atomic mass is 10.2. The van der Waals surface area contributed by atoms with Crippen molar-refractivity contribution in [3.63, 3.8) is 0 Å². The fraction of sp³-hybridized carbons (Fsp3) is 0.462. The molecule has 1 aromatic rings. The summed E-state index contributed by atoms with van der Waals surface area (Å²) in [5.74, 6) is 0.210.